The topological polar surface area (TPSA) is 103 Å². The summed E-state index contributed by atoms with van der Waals surface area (Å²) in [6.45, 7) is -0.272. The normalized spacial score (nSPS) is 14.2. The second kappa shape index (κ2) is 8.10. The minimum absolute atomic E-state index is 0.0210. The van der Waals surface area contributed by atoms with Gasteiger partial charge >= 0.3 is 0 Å². The summed E-state index contributed by atoms with van der Waals surface area (Å²) in [5, 5.41) is 22.0. The quantitative estimate of drug-likeness (QED) is 0.690. The van der Waals surface area contributed by atoms with Gasteiger partial charge in [0, 0.05) is 25.7 Å². The van der Waals surface area contributed by atoms with Crippen molar-refractivity contribution in [3.05, 3.63) is 63.1 Å². The van der Waals surface area contributed by atoms with Crippen molar-refractivity contribution < 1.29 is 28.6 Å². The molecular formula is C19H19F2N3O5. The van der Waals surface area contributed by atoms with Crippen LogP contribution in [-0.4, -0.2) is 56.7 Å². The first-order chi connectivity index (χ1) is 13.7. The molecule has 0 bridgehead atoms. The fraction of sp³-hybridized carbons (Fsp3) is 0.316. The van der Waals surface area contributed by atoms with E-state index in [4.69, 9.17) is 5.11 Å². The number of aryl methyl sites for hydroxylation is 1. The van der Waals surface area contributed by atoms with E-state index in [0.717, 1.165) is 6.07 Å². The van der Waals surface area contributed by atoms with E-state index in [1.807, 2.05) is 0 Å². The summed E-state index contributed by atoms with van der Waals surface area (Å²) in [6.07, 6.45) is 0.887. The van der Waals surface area contributed by atoms with Gasteiger partial charge in [-0.25, -0.2) is 13.8 Å². The number of Topliss-reactive ketones (excluding diaryl/α,β-unsaturated/α-hetero) is 1. The van der Waals surface area contributed by atoms with E-state index in [1.54, 1.807) is 7.05 Å². The highest BCUT2D eigenvalue weighted by Gasteiger charge is 2.33. The Bertz CT molecular complexity index is 1040. The highest BCUT2D eigenvalue weighted by Crippen LogP contribution is 2.22. The second-order valence-corrected chi connectivity index (χ2v) is 6.65. The van der Waals surface area contributed by atoms with Gasteiger partial charge < -0.3 is 14.8 Å². The number of halogens is 2. The second-order valence-electron chi connectivity index (χ2n) is 6.65. The zero-order chi connectivity index (χ0) is 21.3. The van der Waals surface area contributed by atoms with Gasteiger partial charge in [0.1, 0.15) is 11.6 Å². The number of benzene rings is 1. The van der Waals surface area contributed by atoms with E-state index < -0.39 is 34.5 Å². The van der Waals surface area contributed by atoms with E-state index in [9.17, 15) is 28.3 Å². The van der Waals surface area contributed by atoms with Crippen molar-refractivity contribution in [2.75, 3.05) is 20.2 Å². The van der Waals surface area contributed by atoms with Crippen LogP contribution in [0.25, 0.3) is 0 Å². The highest BCUT2D eigenvalue weighted by molar-refractivity contribution is 5.99. The number of hydrogen-bond donors (Lipinski definition) is 2. The van der Waals surface area contributed by atoms with Gasteiger partial charge in [-0.15, -0.1) is 0 Å². The average molecular weight is 407 g/mol. The van der Waals surface area contributed by atoms with Crippen molar-refractivity contribution in [1.29, 1.82) is 0 Å². The first kappa shape index (κ1) is 20.6. The minimum atomic E-state index is -0.998. The van der Waals surface area contributed by atoms with E-state index in [2.05, 4.69) is 0 Å². The molecule has 8 nitrogen and oxygen atoms in total. The van der Waals surface area contributed by atoms with Crippen LogP contribution >= 0.6 is 0 Å². The number of aliphatic hydroxyl groups is 1. The summed E-state index contributed by atoms with van der Waals surface area (Å²) in [4.78, 5) is 37.5. The van der Waals surface area contributed by atoms with E-state index in [0.29, 0.717) is 6.07 Å². The fourth-order valence-corrected chi connectivity index (χ4v) is 3.23. The summed E-state index contributed by atoms with van der Waals surface area (Å²) in [5.74, 6) is -3.71. The Morgan fingerprint density at radius 2 is 1.97 bits per heavy atom. The Balaban J connectivity index is 1.89. The molecule has 3 rings (SSSR count). The number of nitrogens with zero attached hydrogens (tertiary/aromatic N) is 3. The number of carbonyl (C=O) groups is 2. The molecule has 0 fully saturated rings. The number of rotatable bonds is 6. The van der Waals surface area contributed by atoms with Crippen molar-refractivity contribution >= 4 is 11.7 Å². The van der Waals surface area contributed by atoms with Gasteiger partial charge in [-0.2, -0.15) is 0 Å². The molecule has 1 aromatic heterocycles. The van der Waals surface area contributed by atoms with Crippen LogP contribution in [0.1, 0.15) is 32.8 Å². The molecule has 0 radical (unpaired) electrons. The van der Waals surface area contributed by atoms with Crippen molar-refractivity contribution in [2.24, 2.45) is 0 Å². The van der Waals surface area contributed by atoms with E-state index >= 15 is 0 Å². The molecule has 0 aliphatic carbocycles. The van der Waals surface area contributed by atoms with Crippen molar-refractivity contribution in [2.45, 2.75) is 19.5 Å². The fourth-order valence-electron chi connectivity index (χ4n) is 3.23. The predicted octanol–water partition coefficient (Wildman–Crippen LogP) is 0.900. The van der Waals surface area contributed by atoms with Crippen LogP contribution in [0.2, 0.25) is 0 Å². The van der Waals surface area contributed by atoms with E-state index in [1.165, 1.54) is 26.8 Å². The van der Waals surface area contributed by atoms with Crippen LogP contribution in [0.15, 0.2) is 29.2 Å². The summed E-state index contributed by atoms with van der Waals surface area (Å²) < 4.78 is 28.0. The number of β-amino-alcohol motifs (C(OH)–C–C–N with tert-alkyl or cyclic N) is 1. The first-order valence-electron chi connectivity index (χ1n) is 8.82. The highest BCUT2D eigenvalue weighted by atomic mass is 19.1. The molecule has 29 heavy (non-hydrogen) atoms. The third-order valence-electron chi connectivity index (χ3n) is 4.71. The maximum absolute atomic E-state index is 13.7. The minimum Gasteiger partial charge on any atom is -0.503 e. The van der Waals surface area contributed by atoms with Crippen molar-refractivity contribution in [3.63, 3.8) is 0 Å². The Morgan fingerprint density at radius 1 is 1.24 bits per heavy atom. The molecule has 0 spiro atoms. The first-order valence-corrected chi connectivity index (χ1v) is 8.82. The lowest BCUT2D eigenvalue weighted by Gasteiger charge is -2.37. The predicted molar refractivity (Wildman–Crippen MR) is 97.3 cm³/mol. The number of ketones is 1. The Kier molecular flexibility index (Phi) is 5.76. The van der Waals surface area contributed by atoms with Crippen molar-refractivity contribution in [3.8, 4) is 5.75 Å². The summed E-state index contributed by atoms with van der Waals surface area (Å²) >= 11 is 0. The standard InChI is InChI=1S/C19H19F2N3O5/c1-22-10-23-9-13(15(26)5-3-11-2-4-12(20)8-14(11)21)17(27)18(28)16(23)19(29)24(22)6-7-25/h2,4,8-9,25,28H,3,5-7,10H2,1H3. The zero-order valence-corrected chi connectivity index (χ0v) is 15.6. The number of hydrogen-bond acceptors (Lipinski definition) is 6. The largest absolute Gasteiger partial charge is 0.503 e. The number of fused-ring (bicyclic) bond motifs is 1. The third-order valence-corrected chi connectivity index (χ3v) is 4.71. The SMILES string of the molecule is CN1Cn2cc(C(=O)CCc3ccc(F)cc3F)c(=O)c(O)c2C(=O)N1CCO. The summed E-state index contributed by atoms with van der Waals surface area (Å²) in [7, 11) is 1.57. The maximum Gasteiger partial charge on any atom is 0.288 e. The monoisotopic (exact) mass is 407 g/mol. The van der Waals surface area contributed by atoms with Gasteiger partial charge in [0.25, 0.3) is 5.91 Å². The number of carbonyl (C=O) groups excluding carboxylic acids is 2. The number of aromatic hydroxyl groups is 1. The van der Waals surface area contributed by atoms with Crippen LogP contribution in [0.3, 0.4) is 0 Å². The molecule has 2 N–H and O–H groups in total. The van der Waals surface area contributed by atoms with Crippen LogP contribution in [0.5, 0.6) is 5.75 Å². The Labute approximate surface area is 164 Å². The van der Waals surface area contributed by atoms with Gasteiger partial charge in [-0.1, -0.05) is 6.07 Å². The molecule has 10 heteroatoms. The molecule has 0 atom stereocenters. The molecule has 2 aromatic rings. The number of aliphatic hydroxyl groups excluding tert-OH is 1. The van der Waals surface area contributed by atoms with Crippen molar-refractivity contribution in [1.82, 2.24) is 14.6 Å². The lowest BCUT2D eigenvalue weighted by molar-refractivity contribution is -0.0330. The molecule has 154 valence electrons. The maximum atomic E-state index is 13.7. The van der Waals surface area contributed by atoms with Crippen LogP contribution in [0, 0.1) is 11.6 Å². The van der Waals surface area contributed by atoms with Crippen LogP contribution in [-0.2, 0) is 13.1 Å². The zero-order valence-electron chi connectivity index (χ0n) is 15.6. The van der Waals surface area contributed by atoms with Crippen LogP contribution < -0.4 is 5.43 Å². The van der Waals surface area contributed by atoms with E-state index in [-0.39, 0.29) is 49.5 Å². The molecule has 2 heterocycles. The van der Waals surface area contributed by atoms with Gasteiger partial charge in [0.15, 0.2) is 17.2 Å². The third kappa shape index (κ3) is 3.89. The molecule has 0 saturated heterocycles. The molecular weight excluding hydrogens is 388 g/mol. The van der Waals surface area contributed by atoms with Crippen LogP contribution in [0.4, 0.5) is 8.78 Å². The lowest BCUT2D eigenvalue weighted by atomic mass is 10.0. The number of pyridine rings is 1. The molecule has 1 aromatic carbocycles. The molecule has 0 saturated carbocycles. The smallest absolute Gasteiger partial charge is 0.288 e. The Hall–Kier alpha value is -3.11. The number of amides is 1. The number of hydrazine groups is 1. The molecule has 1 aliphatic rings. The molecule has 0 unspecified atom stereocenters. The van der Waals surface area contributed by atoms with Gasteiger partial charge in [0.05, 0.1) is 25.4 Å². The summed E-state index contributed by atoms with van der Waals surface area (Å²) in [6, 6.07) is 3.00. The number of aromatic nitrogens is 1. The Morgan fingerprint density at radius 3 is 2.62 bits per heavy atom. The van der Waals surface area contributed by atoms with Gasteiger partial charge in [-0.05, 0) is 18.1 Å². The molecule has 1 amide bonds. The van der Waals surface area contributed by atoms with Gasteiger partial charge in [-0.3, -0.25) is 19.4 Å². The average Bonchev–Trinajstić information content (AvgIpc) is 2.66. The lowest BCUT2D eigenvalue weighted by Crippen LogP contribution is -2.52. The molecule has 1 aliphatic heterocycles. The van der Waals surface area contributed by atoms with Gasteiger partial charge in [0.2, 0.25) is 5.43 Å². The summed E-state index contributed by atoms with van der Waals surface area (Å²) in [5.41, 5.74) is -1.48.